The van der Waals surface area contributed by atoms with Crippen molar-refractivity contribution in [3.05, 3.63) is 0 Å². The number of hydrogen-bond acceptors (Lipinski definition) is 3. The number of carboxylic acid groups (broad SMARTS) is 1. The lowest BCUT2D eigenvalue weighted by atomic mass is 9.78. The largest absolute Gasteiger partial charge is 0.481 e. The van der Waals surface area contributed by atoms with Gasteiger partial charge in [0, 0.05) is 18.6 Å². The van der Waals surface area contributed by atoms with Crippen LogP contribution in [-0.4, -0.2) is 60.1 Å². The molecule has 0 aromatic heterocycles. The van der Waals surface area contributed by atoms with Crippen molar-refractivity contribution in [2.45, 2.75) is 37.8 Å². The first-order chi connectivity index (χ1) is 7.59. The third-order valence-electron chi connectivity index (χ3n) is 4.29. The molecule has 0 aromatic carbocycles. The topological polar surface area (TPSA) is 43.8 Å². The maximum atomic E-state index is 11.0. The Morgan fingerprint density at radius 1 is 1.44 bits per heavy atom. The number of nitrogens with zero attached hydrogens (tertiary/aromatic N) is 2. The maximum Gasteiger partial charge on any atom is 0.308 e. The Morgan fingerprint density at radius 3 is 2.62 bits per heavy atom. The summed E-state index contributed by atoms with van der Waals surface area (Å²) in [4.78, 5) is 15.6. The third kappa shape index (κ3) is 2.23. The zero-order valence-electron chi connectivity index (χ0n) is 10.2. The molecule has 16 heavy (non-hydrogen) atoms. The second kappa shape index (κ2) is 4.72. The molecule has 2 fully saturated rings. The summed E-state index contributed by atoms with van der Waals surface area (Å²) in [6.45, 7) is 2.20. The van der Waals surface area contributed by atoms with Crippen molar-refractivity contribution in [1.29, 1.82) is 0 Å². The predicted octanol–water partition coefficient (Wildman–Crippen LogP) is 0.876. The van der Waals surface area contributed by atoms with Crippen LogP contribution in [0.5, 0.6) is 0 Å². The standard InChI is InChI=1S/C12H22N2O2/c1-13-7-3-4-9(13)8-14(2)11-6-5-10(11)12(15)16/h9-11H,3-8H2,1-2H3,(H,15,16). The molecule has 4 heteroatoms. The second-order valence-corrected chi connectivity index (χ2v) is 5.31. The van der Waals surface area contributed by atoms with Crippen LogP contribution in [0, 0.1) is 5.92 Å². The van der Waals surface area contributed by atoms with Crippen molar-refractivity contribution in [1.82, 2.24) is 9.80 Å². The summed E-state index contributed by atoms with van der Waals surface area (Å²) >= 11 is 0. The smallest absolute Gasteiger partial charge is 0.308 e. The SMILES string of the molecule is CN1CCCC1CN(C)C1CCC1C(=O)O. The molecular formula is C12H22N2O2. The van der Waals surface area contributed by atoms with Crippen LogP contribution in [0.4, 0.5) is 0 Å². The van der Waals surface area contributed by atoms with Crippen molar-refractivity contribution < 1.29 is 9.90 Å². The number of rotatable bonds is 4. The molecule has 0 aromatic rings. The van der Waals surface area contributed by atoms with E-state index in [2.05, 4.69) is 23.9 Å². The molecule has 0 amide bonds. The monoisotopic (exact) mass is 226 g/mol. The van der Waals surface area contributed by atoms with Gasteiger partial charge in [-0.25, -0.2) is 0 Å². The summed E-state index contributed by atoms with van der Waals surface area (Å²) in [5.74, 6) is -0.750. The Balaban J connectivity index is 1.83. The van der Waals surface area contributed by atoms with Crippen molar-refractivity contribution in [3.8, 4) is 0 Å². The average Bonchev–Trinajstić information content (AvgIpc) is 2.48. The molecule has 1 saturated heterocycles. The lowest BCUT2D eigenvalue weighted by Crippen LogP contribution is -2.51. The molecule has 4 nitrogen and oxygen atoms in total. The van der Waals surface area contributed by atoms with Gasteiger partial charge in [-0.05, 0) is 46.3 Å². The van der Waals surface area contributed by atoms with Crippen molar-refractivity contribution in [3.63, 3.8) is 0 Å². The van der Waals surface area contributed by atoms with E-state index in [4.69, 9.17) is 5.11 Å². The van der Waals surface area contributed by atoms with Gasteiger partial charge in [0.2, 0.25) is 0 Å². The second-order valence-electron chi connectivity index (χ2n) is 5.31. The van der Waals surface area contributed by atoms with Gasteiger partial charge in [-0.2, -0.15) is 0 Å². The first-order valence-corrected chi connectivity index (χ1v) is 6.23. The number of carbonyl (C=O) groups is 1. The van der Waals surface area contributed by atoms with Gasteiger partial charge in [0.05, 0.1) is 5.92 Å². The molecule has 92 valence electrons. The van der Waals surface area contributed by atoms with E-state index in [1.54, 1.807) is 0 Å². The number of likely N-dealkylation sites (N-methyl/N-ethyl adjacent to an activating group) is 2. The van der Waals surface area contributed by atoms with Crippen molar-refractivity contribution in [2.24, 2.45) is 5.92 Å². The fraction of sp³-hybridized carbons (Fsp3) is 0.917. The minimum atomic E-state index is -0.622. The van der Waals surface area contributed by atoms with Gasteiger partial charge in [0.25, 0.3) is 0 Å². The molecule has 2 rings (SSSR count). The lowest BCUT2D eigenvalue weighted by molar-refractivity contribution is -0.148. The van der Waals surface area contributed by atoms with Crippen LogP contribution in [0.15, 0.2) is 0 Å². The summed E-state index contributed by atoms with van der Waals surface area (Å²) in [5.41, 5.74) is 0. The van der Waals surface area contributed by atoms with E-state index in [1.807, 2.05) is 0 Å². The minimum absolute atomic E-state index is 0.128. The van der Waals surface area contributed by atoms with Crippen LogP contribution in [0.1, 0.15) is 25.7 Å². The third-order valence-corrected chi connectivity index (χ3v) is 4.29. The maximum absolute atomic E-state index is 11.0. The molecule has 2 aliphatic rings. The van der Waals surface area contributed by atoms with Crippen molar-refractivity contribution in [2.75, 3.05) is 27.2 Å². The Morgan fingerprint density at radius 2 is 2.19 bits per heavy atom. The Kier molecular flexibility index (Phi) is 3.50. The van der Waals surface area contributed by atoms with E-state index >= 15 is 0 Å². The number of likely N-dealkylation sites (tertiary alicyclic amines) is 1. The highest BCUT2D eigenvalue weighted by atomic mass is 16.4. The highest BCUT2D eigenvalue weighted by molar-refractivity contribution is 5.72. The summed E-state index contributed by atoms with van der Waals surface area (Å²) in [6.07, 6.45) is 4.43. The summed E-state index contributed by atoms with van der Waals surface area (Å²) in [7, 11) is 4.24. The average molecular weight is 226 g/mol. The van der Waals surface area contributed by atoms with E-state index in [0.29, 0.717) is 6.04 Å². The van der Waals surface area contributed by atoms with E-state index < -0.39 is 5.97 Å². The summed E-state index contributed by atoms with van der Waals surface area (Å²) in [5, 5.41) is 9.03. The molecule has 1 aliphatic heterocycles. The highest BCUT2D eigenvalue weighted by Crippen LogP contribution is 2.32. The van der Waals surface area contributed by atoms with Crippen LogP contribution >= 0.6 is 0 Å². The Labute approximate surface area is 97.2 Å². The van der Waals surface area contributed by atoms with Gasteiger partial charge >= 0.3 is 5.97 Å². The zero-order valence-corrected chi connectivity index (χ0v) is 10.2. The molecule has 1 heterocycles. The Bertz CT molecular complexity index is 270. The molecule has 0 bridgehead atoms. The van der Waals surface area contributed by atoms with E-state index in [9.17, 15) is 4.79 Å². The first-order valence-electron chi connectivity index (χ1n) is 6.23. The fourth-order valence-corrected chi connectivity index (χ4v) is 2.98. The van der Waals surface area contributed by atoms with Crippen LogP contribution in [0.3, 0.4) is 0 Å². The number of carboxylic acids is 1. The first kappa shape index (κ1) is 11.9. The minimum Gasteiger partial charge on any atom is -0.481 e. The fourth-order valence-electron chi connectivity index (χ4n) is 2.98. The predicted molar refractivity (Wildman–Crippen MR) is 62.4 cm³/mol. The lowest BCUT2D eigenvalue weighted by Gasteiger charge is -2.41. The summed E-state index contributed by atoms with van der Waals surface area (Å²) in [6, 6.07) is 0.895. The van der Waals surface area contributed by atoms with E-state index in [0.717, 1.165) is 19.4 Å². The molecule has 0 radical (unpaired) electrons. The van der Waals surface area contributed by atoms with Crippen molar-refractivity contribution >= 4 is 5.97 Å². The van der Waals surface area contributed by atoms with Crippen LogP contribution in [0.25, 0.3) is 0 Å². The quantitative estimate of drug-likeness (QED) is 0.772. The van der Waals surface area contributed by atoms with Crippen LogP contribution in [-0.2, 0) is 4.79 Å². The highest BCUT2D eigenvalue weighted by Gasteiger charge is 2.39. The zero-order chi connectivity index (χ0) is 11.7. The molecule has 1 aliphatic carbocycles. The molecular weight excluding hydrogens is 204 g/mol. The van der Waals surface area contributed by atoms with Crippen LogP contribution < -0.4 is 0 Å². The van der Waals surface area contributed by atoms with E-state index in [-0.39, 0.29) is 12.0 Å². The van der Waals surface area contributed by atoms with Gasteiger partial charge in [-0.1, -0.05) is 0 Å². The van der Waals surface area contributed by atoms with Gasteiger partial charge in [-0.3, -0.25) is 4.79 Å². The summed E-state index contributed by atoms with van der Waals surface area (Å²) < 4.78 is 0. The normalized spacial score (nSPS) is 35.3. The molecule has 1 N–H and O–H groups in total. The van der Waals surface area contributed by atoms with Crippen LogP contribution in [0.2, 0.25) is 0 Å². The Hall–Kier alpha value is -0.610. The molecule has 3 unspecified atom stereocenters. The van der Waals surface area contributed by atoms with Gasteiger partial charge < -0.3 is 14.9 Å². The van der Waals surface area contributed by atoms with E-state index in [1.165, 1.54) is 19.4 Å². The number of hydrogen-bond donors (Lipinski definition) is 1. The molecule has 0 spiro atoms. The van der Waals surface area contributed by atoms with Gasteiger partial charge in [-0.15, -0.1) is 0 Å². The molecule has 1 saturated carbocycles. The number of aliphatic carboxylic acids is 1. The molecule has 3 atom stereocenters. The van der Waals surface area contributed by atoms with Gasteiger partial charge in [0.15, 0.2) is 0 Å². The van der Waals surface area contributed by atoms with Gasteiger partial charge in [0.1, 0.15) is 0 Å².